The molecule has 1 saturated heterocycles. The lowest BCUT2D eigenvalue weighted by Gasteiger charge is -2.00. The number of alkyl halides is 2. The average molecular weight is 164 g/mol. The van der Waals surface area contributed by atoms with Crippen molar-refractivity contribution in [2.75, 3.05) is 0 Å². The zero-order valence-corrected chi connectivity index (χ0v) is 5.55. The standard InChI is InChI=1S/C6H6F2O3/c7-4(8)1-3-2-5(9)11-6(3)10/h3-4H,1-2H2. The van der Waals surface area contributed by atoms with E-state index in [1.807, 2.05) is 0 Å². The van der Waals surface area contributed by atoms with Gasteiger partial charge in [-0.1, -0.05) is 0 Å². The van der Waals surface area contributed by atoms with Crippen LogP contribution in [0.3, 0.4) is 0 Å². The molecule has 0 saturated carbocycles. The van der Waals surface area contributed by atoms with E-state index in [1.165, 1.54) is 0 Å². The number of hydrogen-bond acceptors (Lipinski definition) is 3. The maximum absolute atomic E-state index is 11.7. The van der Waals surface area contributed by atoms with Gasteiger partial charge in [0.05, 0.1) is 12.3 Å². The molecular formula is C6H6F2O3. The lowest BCUT2D eigenvalue weighted by molar-refractivity contribution is -0.153. The molecule has 5 heteroatoms. The molecule has 3 nitrogen and oxygen atoms in total. The summed E-state index contributed by atoms with van der Waals surface area (Å²) in [6.07, 6.45) is -3.34. The quantitative estimate of drug-likeness (QED) is 0.446. The van der Waals surface area contributed by atoms with Crippen LogP contribution in [0.5, 0.6) is 0 Å². The van der Waals surface area contributed by atoms with Gasteiger partial charge < -0.3 is 4.74 Å². The number of hydrogen-bond donors (Lipinski definition) is 0. The summed E-state index contributed by atoms with van der Waals surface area (Å²) in [5, 5.41) is 0. The number of esters is 2. The van der Waals surface area contributed by atoms with E-state index in [2.05, 4.69) is 4.74 Å². The van der Waals surface area contributed by atoms with Crippen molar-refractivity contribution in [3.8, 4) is 0 Å². The molecule has 0 N–H and O–H groups in total. The maximum Gasteiger partial charge on any atom is 0.317 e. The third kappa shape index (κ3) is 1.96. The molecule has 0 aromatic carbocycles. The van der Waals surface area contributed by atoms with Crippen LogP contribution in [-0.2, 0) is 14.3 Å². The molecule has 11 heavy (non-hydrogen) atoms. The summed E-state index contributed by atoms with van der Waals surface area (Å²) in [4.78, 5) is 20.9. The molecule has 62 valence electrons. The van der Waals surface area contributed by atoms with Crippen LogP contribution in [0.2, 0.25) is 0 Å². The first-order valence-corrected chi connectivity index (χ1v) is 3.12. The zero-order chi connectivity index (χ0) is 8.43. The van der Waals surface area contributed by atoms with Gasteiger partial charge in [-0.05, 0) is 0 Å². The van der Waals surface area contributed by atoms with Crippen molar-refractivity contribution in [2.24, 2.45) is 5.92 Å². The summed E-state index contributed by atoms with van der Waals surface area (Å²) in [6.45, 7) is 0. The fourth-order valence-electron chi connectivity index (χ4n) is 0.916. The van der Waals surface area contributed by atoms with Crippen LogP contribution in [0.25, 0.3) is 0 Å². The molecule has 0 aromatic rings. The summed E-state index contributed by atoms with van der Waals surface area (Å²) in [5.41, 5.74) is 0. The zero-order valence-electron chi connectivity index (χ0n) is 5.55. The van der Waals surface area contributed by atoms with E-state index in [4.69, 9.17) is 0 Å². The molecule has 0 radical (unpaired) electrons. The van der Waals surface area contributed by atoms with Crippen LogP contribution in [0.15, 0.2) is 0 Å². The number of cyclic esters (lactones) is 2. The summed E-state index contributed by atoms with van der Waals surface area (Å²) in [7, 11) is 0. The molecule has 1 rings (SSSR count). The highest BCUT2D eigenvalue weighted by atomic mass is 19.3. The lowest BCUT2D eigenvalue weighted by atomic mass is 10.1. The van der Waals surface area contributed by atoms with Crippen LogP contribution in [-0.4, -0.2) is 18.4 Å². The van der Waals surface area contributed by atoms with Crippen LogP contribution >= 0.6 is 0 Å². The normalized spacial score (nSPS) is 24.5. The highest BCUT2D eigenvalue weighted by molar-refractivity contribution is 5.94. The third-order valence-corrected chi connectivity index (χ3v) is 1.42. The van der Waals surface area contributed by atoms with Gasteiger partial charge in [0.25, 0.3) is 0 Å². The number of ether oxygens (including phenoxy) is 1. The SMILES string of the molecule is O=C1CC(CC(F)F)C(=O)O1. The van der Waals surface area contributed by atoms with Gasteiger partial charge in [-0.3, -0.25) is 9.59 Å². The minimum Gasteiger partial charge on any atom is -0.393 e. The predicted octanol–water partition coefficient (Wildman–Crippen LogP) is 0.731. The molecule has 1 heterocycles. The van der Waals surface area contributed by atoms with Crippen LogP contribution in [0.1, 0.15) is 12.8 Å². The van der Waals surface area contributed by atoms with Crippen LogP contribution in [0.4, 0.5) is 8.78 Å². The van der Waals surface area contributed by atoms with Crippen LogP contribution in [0, 0.1) is 5.92 Å². The summed E-state index contributed by atoms with van der Waals surface area (Å²) in [6, 6.07) is 0. The van der Waals surface area contributed by atoms with Gasteiger partial charge in [0, 0.05) is 6.42 Å². The Kier molecular flexibility index (Phi) is 2.16. The van der Waals surface area contributed by atoms with Gasteiger partial charge in [0.1, 0.15) is 0 Å². The third-order valence-electron chi connectivity index (χ3n) is 1.42. The molecule has 0 bridgehead atoms. The molecule has 0 aliphatic carbocycles. The Labute approximate surface area is 61.3 Å². The largest absolute Gasteiger partial charge is 0.393 e. The van der Waals surface area contributed by atoms with Crippen molar-refractivity contribution in [2.45, 2.75) is 19.3 Å². The van der Waals surface area contributed by atoms with Gasteiger partial charge in [0.15, 0.2) is 0 Å². The van der Waals surface area contributed by atoms with Gasteiger partial charge >= 0.3 is 11.9 Å². The van der Waals surface area contributed by atoms with E-state index in [0.29, 0.717) is 0 Å². The number of rotatable bonds is 2. The second-order valence-electron chi connectivity index (χ2n) is 2.32. The topological polar surface area (TPSA) is 43.4 Å². The van der Waals surface area contributed by atoms with Gasteiger partial charge in [-0.15, -0.1) is 0 Å². The van der Waals surface area contributed by atoms with E-state index in [9.17, 15) is 18.4 Å². The molecule has 1 aliphatic rings. The van der Waals surface area contributed by atoms with Crippen molar-refractivity contribution < 1.29 is 23.1 Å². The van der Waals surface area contributed by atoms with E-state index >= 15 is 0 Å². The predicted molar refractivity (Wildman–Crippen MR) is 29.8 cm³/mol. The Morgan fingerprint density at radius 2 is 2.18 bits per heavy atom. The Morgan fingerprint density at radius 3 is 2.55 bits per heavy atom. The highest BCUT2D eigenvalue weighted by Gasteiger charge is 2.35. The molecule has 0 spiro atoms. The first-order valence-electron chi connectivity index (χ1n) is 3.12. The van der Waals surface area contributed by atoms with Crippen molar-refractivity contribution in [3.05, 3.63) is 0 Å². The smallest absolute Gasteiger partial charge is 0.317 e. The number of carbonyl (C=O) groups excluding carboxylic acids is 2. The van der Waals surface area contributed by atoms with Gasteiger partial charge in [-0.25, -0.2) is 8.78 Å². The van der Waals surface area contributed by atoms with Crippen LogP contribution < -0.4 is 0 Å². The van der Waals surface area contributed by atoms with Crippen molar-refractivity contribution in [1.29, 1.82) is 0 Å². The molecule has 1 atom stereocenters. The van der Waals surface area contributed by atoms with Crippen molar-refractivity contribution >= 4 is 11.9 Å². The fourth-order valence-corrected chi connectivity index (χ4v) is 0.916. The molecule has 0 amide bonds. The highest BCUT2D eigenvalue weighted by Crippen LogP contribution is 2.22. The summed E-state index contributed by atoms with van der Waals surface area (Å²) >= 11 is 0. The monoisotopic (exact) mass is 164 g/mol. The molecule has 1 aliphatic heterocycles. The van der Waals surface area contributed by atoms with E-state index < -0.39 is 30.7 Å². The van der Waals surface area contributed by atoms with E-state index in [-0.39, 0.29) is 6.42 Å². The summed E-state index contributed by atoms with van der Waals surface area (Å²) in [5.74, 6) is -2.46. The Hall–Kier alpha value is -1.00. The first-order chi connectivity index (χ1) is 5.09. The lowest BCUT2D eigenvalue weighted by Crippen LogP contribution is -2.11. The Bertz CT molecular complexity index is 190. The second-order valence-corrected chi connectivity index (χ2v) is 2.32. The average Bonchev–Trinajstić information content (AvgIpc) is 2.09. The fraction of sp³-hybridized carbons (Fsp3) is 0.667. The second kappa shape index (κ2) is 2.94. The maximum atomic E-state index is 11.7. The van der Waals surface area contributed by atoms with Crippen molar-refractivity contribution in [1.82, 2.24) is 0 Å². The molecule has 0 aromatic heterocycles. The van der Waals surface area contributed by atoms with E-state index in [0.717, 1.165) is 0 Å². The minimum atomic E-state index is -2.56. The van der Waals surface area contributed by atoms with Crippen molar-refractivity contribution in [3.63, 3.8) is 0 Å². The molecule has 1 unspecified atom stereocenters. The molecular weight excluding hydrogens is 158 g/mol. The Balaban J connectivity index is 2.47. The minimum absolute atomic E-state index is 0.205. The first kappa shape index (κ1) is 8.10. The van der Waals surface area contributed by atoms with Gasteiger partial charge in [0.2, 0.25) is 6.43 Å². The summed E-state index contributed by atoms with van der Waals surface area (Å²) < 4.78 is 27.4. The number of halogens is 2. The molecule has 1 fully saturated rings. The number of carbonyl (C=O) groups is 2. The van der Waals surface area contributed by atoms with Gasteiger partial charge in [-0.2, -0.15) is 0 Å². The Morgan fingerprint density at radius 1 is 1.55 bits per heavy atom. The van der Waals surface area contributed by atoms with E-state index in [1.54, 1.807) is 0 Å².